The first-order valence-electron chi connectivity index (χ1n) is 6.10. The quantitative estimate of drug-likeness (QED) is 0.771. The normalized spacial score (nSPS) is 34.3. The zero-order chi connectivity index (χ0) is 11.0. The van der Waals surface area contributed by atoms with E-state index in [9.17, 15) is 4.79 Å². The van der Waals surface area contributed by atoms with E-state index in [1.807, 2.05) is 0 Å². The van der Waals surface area contributed by atoms with Gasteiger partial charge in [-0.3, -0.25) is 9.69 Å². The smallest absolute Gasteiger partial charge is 0.308 e. The molecule has 0 amide bonds. The van der Waals surface area contributed by atoms with E-state index in [0.717, 1.165) is 19.0 Å². The summed E-state index contributed by atoms with van der Waals surface area (Å²) in [4.78, 5) is 13.4. The van der Waals surface area contributed by atoms with E-state index in [0.29, 0.717) is 12.0 Å². The fourth-order valence-corrected chi connectivity index (χ4v) is 2.97. The number of likely N-dealkylation sites (tertiary alicyclic amines) is 1. The lowest BCUT2D eigenvalue weighted by Gasteiger charge is -2.26. The Bertz CT molecular complexity index is 250. The molecule has 0 aromatic rings. The second kappa shape index (κ2) is 4.12. The molecule has 3 atom stereocenters. The highest BCUT2D eigenvalue weighted by Crippen LogP contribution is 2.39. The fourth-order valence-electron chi connectivity index (χ4n) is 2.97. The van der Waals surface area contributed by atoms with Gasteiger partial charge >= 0.3 is 5.97 Å². The van der Waals surface area contributed by atoms with Gasteiger partial charge in [0, 0.05) is 19.1 Å². The number of hydrogen-bond acceptors (Lipinski definition) is 2. The van der Waals surface area contributed by atoms with Gasteiger partial charge in [0.25, 0.3) is 0 Å². The van der Waals surface area contributed by atoms with Crippen LogP contribution in [0.25, 0.3) is 0 Å². The zero-order valence-corrected chi connectivity index (χ0v) is 9.65. The minimum Gasteiger partial charge on any atom is -0.481 e. The molecule has 1 saturated heterocycles. The summed E-state index contributed by atoms with van der Waals surface area (Å²) in [6.07, 6.45) is 3.87. The zero-order valence-electron chi connectivity index (χ0n) is 9.65. The van der Waals surface area contributed by atoms with Gasteiger partial charge in [-0.25, -0.2) is 0 Å². The first-order chi connectivity index (χ1) is 7.13. The van der Waals surface area contributed by atoms with E-state index >= 15 is 0 Å². The van der Waals surface area contributed by atoms with Crippen molar-refractivity contribution in [2.45, 2.75) is 39.2 Å². The average molecular weight is 211 g/mol. The Morgan fingerprint density at radius 2 is 2.13 bits per heavy atom. The summed E-state index contributed by atoms with van der Waals surface area (Å²) in [7, 11) is 0. The highest BCUT2D eigenvalue weighted by Gasteiger charge is 2.41. The fraction of sp³-hybridized carbons (Fsp3) is 0.917. The molecule has 86 valence electrons. The third-order valence-corrected chi connectivity index (χ3v) is 4.01. The molecule has 1 aliphatic carbocycles. The third kappa shape index (κ3) is 2.17. The SMILES string of the molecule is CCC(C1CC1)N1C[C@@H](C)[C@H](C(=O)O)C1. The molecule has 1 aliphatic heterocycles. The molecule has 15 heavy (non-hydrogen) atoms. The summed E-state index contributed by atoms with van der Waals surface area (Å²) >= 11 is 0. The number of aliphatic carboxylic acids is 1. The Hall–Kier alpha value is -0.570. The van der Waals surface area contributed by atoms with Crippen LogP contribution in [-0.2, 0) is 4.79 Å². The molecule has 1 heterocycles. The van der Waals surface area contributed by atoms with Gasteiger partial charge in [0.05, 0.1) is 5.92 Å². The van der Waals surface area contributed by atoms with E-state index in [1.54, 1.807) is 0 Å². The van der Waals surface area contributed by atoms with Crippen LogP contribution in [0.3, 0.4) is 0 Å². The van der Waals surface area contributed by atoms with Crippen LogP contribution < -0.4 is 0 Å². The third-order valence-electron chi connectivity index (χ3n) is 4.01. The minimum atomic E-state index is -0.615. The molecular formula is C12H21NO2. The first-order valence-corrected chi connectivity index (χ1v) is 6.10. The Kier molecular flexibility index (Phi) is 3.01. The van der Waals surface area contributed by atoms with Gasteiger partial charge in [-0.1, -0.05) is 13.8 Å². The molecule has 2 fully saturated rings. The van der Waals surface area contributed by atoms with Crippen molar-refractivity contribution >= 4 is 5.97 Å². The van der Waals surface area contributed by atoms with Crippen LogP contribution in [0.4, 0.5) is 0 Å². The minimum absolute atomic E-state index is 0.141. The molecule has 1 N–H and O–H groups in total. The van der Waals surface area contributed by atoms with E-state index in [-0.39, 0.29) is 5.92 Å². The van der Waals surface area contributed by atoms with Gasteiger partial charge < -0.3 is 5.11 Å². The van der Waals surface area contributed by atoms with Crippen LogP contribution in [0, 0.1) is 17.8 Å². The summed E-state index contributed by atoms with van der Waals surface area (Å²) in [6.45, 7) is 6.04. The van der Waals surface area contributed by atoms with Crippen molar-refractivity contribution in [1.29, 1.82) is 0 Å². The van der Waals surface area contributed by atoms with Crippen LogP contribution in [-0.4, -0.2) is 35.1 Å². The lowest BCUT2D eigenvalue weighted by Crippen LogP contribution is -2.35. The van der Waals surface area contributed by atoms with Gasteiger partial charge in [0.1, 0.15) is 0 Å². The van der Waals surface area contributed by atoms with Crippen molar-refractivity contribution < 1.29 is 9.90 Å². The molecule has 3 nitrogen and oxygen atoms in total. The molecule has 0 radical (unpaired) electrons. The molecule has 0 spiro atoms. The number of hydrogen-bond donors (Lipinski definition) is 1. The summed E-state index contributed by atoms with van der Waals surface area (Å²) in [5, 5.41) is 9.08. The second-order valence-electron chi connectivity index (χ2n) is 5.19. The van der Waals surface area contributed by atoms with Crippen LogP contribution >= 0.6 is 0 Å². The van der Waals surface area contributed by atoms with E-state index in [1.165, 1.54) is 19.3 Å². The van der Waals surface area contributed by atoms with Gasteiger partial charge in [0.2, 0.25) is 0 Å². The standard InChI is InChI=1S/C12H21NO2/c1-3-11(9-4-5-9)13-6-8(2)10(7-13)12(14)15/h8-11H,3-7H2,1-2H3,(H,14,15)/t8-,10-,11?/m1/s1. The lowest BCUT2D eigenvalue weighted by atomic mass is 9.99. The summed E-state index contributed by atoms with van der Waals surface area (Å²) in [5.74, 6) is 0.415. The van der Waals surface area contributed by atoms with Crippen molar-refractivity contribution in [3.8, 4) is 0 Å². The predicted octanol–water partition coefficient (Wildman–Crippen LogP) is 1.83. The Labute approximate surface area is 91.5 Å². The predicted molar refractivity (Wildman–Crippen MR) is 58.7 cm³/mol. The number of carboxylic acids is 1. The second-order valence-corrected chi connectivity index (χ2v) is 5.19. The monoisotopic (exact) mass is 211 g/mol. The molecule has 3 heteroatoms. The van der Waals surface area contributed by atoms with E-state index < -0.39 is 5.97 Å². The molecule has 0 aromatic carbocycles. The maximum atomic E-state index is 11.0. The summed E-state index contributed by atoms with van der Waals surface area (Å²) in [6, 6.07) is 0.650. The van der Waals surface area contributed by atoms with Gasteiger partial charge in [-0.2, -0.15) is 0 Å². The van der Waals surface area contributed by atoms with Crippen LogP contribution in [0.15, 0.2) is 0 Å². The van der Waals surface area contributed by atoms with Crippen molar-refractivity contribution in [3.63, 3.8) is 0 Å². The van der Waals surface area contributed by atoms with Gasteiger partial charge in [-0.15, -0.1) is 0 Å². The van der Waals surface area contributed by atoms with Crippen molar-refractivity contribution in [3.05, 3.63) is 0 Å². The van der Waals surface area contributed by atoms with Gasteiger partial charge in [-0.05, 0) is 31.1 Å². The molecule has 0 aromatic heterocycles. The maximum Gasteiger partial charge on any atom is 0.308 e. The van der Waals surface area contributed by atoms with E-state index in [4.69, 9.17) is 5.11 Å². The highest BCUT2D eigenvalue weighted by atomic mass is 16.4. The van der Waals surface area contributed by atoms with Crippen molar-refractivity contribution in [2.24, 2.45) is 17.8 Å². The van der Waals surface area contributed by atoms with Crippen LogP contribution in [0.1, 0.15) is 33.1 Å². The summed E-state index contributed by atoms with van der Waals surface area (Å²) in [5.41, 5.74) is 0. The van der Waals surface area contributed by atoms with Crippen molar-refractivity contribution in [1.82, 2.24) is 4.90 Å². The molecular weight excluding hydrogens is 190 g/mol. The Morgan fingerprint density at radius 1 is 1.47 bits per heavy atom. The summed E-state index contributed by atoms with van der Waals surface area (Å²) < 4.78 is 0. The first kappa shape index (κ1) is 10.9. The van der Waals surface area contributed by atoms with Gasteiger partial charge in [0.15, 0.2) is 0 Å². The molecule has 2 aliphatic rings. The van der Waals surface area contributed by atoms with Crippen LogP contribution in [0.5, 0.6) is 0 Å². The molecule has 1 unspecified atom stereocenters. The molecule has 2 rings (SSSR count). The van der Waals surface area contributed by atoms with Crippen LogP contribution in [0.2, 0.25) is 0 Å². The highest BCUT2D eigenvalue weighted by molar-refractivity contribution is 5.71. The largest absolute Gasteiger partial charge is 0.481 e. The number of rotatable bonds is 4. The topological polar surface area (TPSA) is 40.5 Å². The number of carbonyl (C=O) groups is 1. The number of carboxylic acid groups (broad SMARTS) is 1. The van der Waals surface area contributed by atoms with E-state index in [2.05, 4.69) is 18.7 Å². The average Bonchev–Trinajstić information content (AvgIpc) is 2.91. The molecule has 1 saturated carbocycles. The lowest BCUT2D eigenvalue weighted by molar-refractivity contribution is -0.142. The Balaban J connectivity index is 1.97. The molecule has 0 bridgehead atoms. The number of nitrogens with zero attached hydrogens (tertiary/aromatic N) is 1. The maximum absolute atomic E-state index is 11.0. The Morgan fingerprint density at radius 3 is 2.53 bits per heavy atom. The van der Waals surface area contributed by atoms with Crippen molar-refractivity contribution in [2.75, 3.05) is 13.1 Å².